The maximum absolute atomic E-state index is 12.7. The fraction of sp³-hybridized carbons (Fsp3) is 0.500. The third-order valence-electron chi connectivity index (χ3n) is 4.03. The van der Waals surface area contributed by atoms with Crippen molar-refractivity contribution in [2.45, 2.75) is 13.3 Å². The zero-order valence-corrected chi connectivity index (χ0v) is 12.6. The van der Waals surface area contributed by atoms with Gasteiger partial charge in [-0.25, -0.2) is 0 Å². The van der Waals surface area contributed by atoms with Crippen molar-refractivity contribution in [3.05, 3.63) is 23.8 Å². The van der Waals surface area contributed by atoms with Gasteiger partial charge in [-0.2, -0.15) is 0 Å². The molecule has 6 nitrogen and oxygen atoms in total. The van der Waals surface area contributed by atoms with Crippen molar-refractivity contribution in [3.63, 3.8) is 0 Å². The first-order valence-corrected chi connectivity index (χ1v) is 7.61. The van der Waals surface area contributed by atoms with E-state index in [9.17, 15) is 9.59 Å². The zero-order valence-electron chi connectivity index (χ0n) is 12.6. The summed E-state index contributed by atoms with van der Waals surface area (Å²) in [5.41, 5.74) is 1.19. The van der Waals surface area contributed by atoms with Gasteiger partial charge in [0.15, 0.2) is 6.61 Å². The molecule has 0 unspecified atom stereocenters. The molecule has 1 fully saturated rings. The Kier molecular flexibility index (Phi) is 4.29. The fourth-order valence-corrected chi connectivity index (χ4v) is 2.78. The molecule has 2 amide bonds. The first-order chi connectivity index (χ1) is 10.7. The molecule has 22 heavy (non-hydrogen) atoms. The third kappa shape index (κ3) is 3.06. The summed E-state index contributed by atoms with van der Waals surface area (Å²) in [4.78, 5) is 25.8. The number of fused-ring (bicyclic) bond motifs is 1. The van der Waals surface area contributed by atoms with Gasteiger partial charge in [-0.3, -0.25) is 9.59 Å². The summed E-state index contributed by atoms with van der Waals surface area (Å²) >= 11 is 0. The molecule has 6 heteroatoms. The van der Waals surface area contributed by atoms with E-state index in [-0.39, 0.29) is 18.4 Å². The predicted molar refractivity (Wildman–Crippen MR) is 81.1 cm³/mol. The largest absolute Gasteiger partial charge is 0.482 e. The van der Waals surface area contributed by atoms with Gasteiger partial charge in [0.05, 0.1) is 12.3 Å². The molecule has 2 heterocycles. The highest BCUT2D eigenvalue weighted by molar-refractivity contribution is 5.99. The SMILES string of the molecule is CCN(C[C@@H]1CCOC1)C(=O)c1ccc2c(c1)OCC(=O)N2. The maximum atomic E-state index is 12.7. The van der Waals surface area contributed by atoms with E-state index in [0.29, 0.717) is 36.0 Å². The second kappa shape index (κ2) is 6.36. The maximum Gasteiger partial charge on any atom is 0.262 e. The molecule has 118 valence electrons. The Morgan fingerprint density at radius 3 is 3.05 bits per heavy atom. The molecule has 0 aromatic heterocycles. The smallest absolute Gasteiger partial charge is 0.262 e. The Labute approximate surface area is 129 Å². The van der Waals surface area contributed by atoms with E-state index in [4.69, 9.17) is 9.47 Å². The number of rotatable bonds is 4. The fourth-order valence-electron chi connectivity index (χ4n) is 2.78. The molecule has 1 atom stereocenters. The van der Waals surface area contributed by atoms with Crippen LogP contribution in [0.15, 0.2) is 18.2 Å². The van der Waals surface area contributed by atoms with Crippen LogP contribution in [-0.4, -0.2) is 49.6 Å². The number of carbonyl (C=O) groups is 2. The van der Waals surface area contributed by atoms with Crippen molar-refractivity contribution >= 4 is 17.5 Å². The minimum absolute atomic E-state index is 0.0124. The van der Waals surface area contributed by atoms with Crippen molar-refractivity contribution in [3.8, 4) is 5.75 Å². The summed E-state index contributed by atoms with van der Waals surface area (Å²) in [6.07, 6.45) is 1.00. The highest BCUT2D eigenvalue weighted by atomic mass is 16.5. The number of anilines is 1. The molecule has 0 spiro atoms. The first kappa shape index (κ1) is 14.8. The van der Waals surface area contributed by atoms with Gasteiger partial charge < -0.3 is 19.7 Å². The number of nitrogens with zero attached hydrogens (tertiary/aromatic N) is 1. The Balaban J connectivity index is 1.74. The molecule has 0 bridgehead atoms. The van der Waals surface area contributed by atoms with Crippen molar-refractivity contribution < 1.29 is 19.1 Å². The van der Waals surface area contributed by atoms with E-state index in [2.05, 4.69) is 5.32 Å². The van der Waals surface area contributed by atoms with Crippen LogP contribution in [0.3, 0.4) is 0 Å². The van der Waals surface area contributed by atoms with Crippen LogP contribution in [-0.2, 0) is 9.53 Å². The number of amides is 2. The van der Waals surface area contributed by atoms with E-state index in [0.717, 1.165) is 19.6 Å². The van der Waals surface area contributed by atoms with Crippen LogP contribution in [0, 0.1) is 5.92 Å². The van der Waals surface area contributed by atoms with E-state index >= 15 is 0 Å². The normalized spacial score (nSPS) is 20.0. The number of hydrogen-bond donors (Lipinski definition) is 1. The van der Waals surface area contributed by atoms with Gasteiger partial charge in [-0.05, 0) is 31.5 Å². The van der Waals surface area contributed by atoms with Gasteiger partial charge in [0.2, 0.25) is 0 Å². The average molecular weight is 304 g/mol. The molecular weight excluding hydrogens is 284 g/mol. The van der Waals surface area contributed by atoms with Crippen molar-refractivity contribution in [1.29, 1.82) is 0 Å². The standard InChI is InChI=1S/C16H20N2O4/c1-2-18(8-11-5-6-21-9-11)16(20)12-3-4-13-14(7-12)22-10-15(19)17-13/h3-4,7,11H,2,5-6,8-10H2,1H3,(H,17,19)/t11-/m0/s1. The number of nitrogens with one attached hydrogen (secondary N) is 1. The summed E-state index contributed by atoms with van der Waals surface area (Å²) in [5, 5.41) is 2.72. The molecule has 1 aromatic carbocycles. The molecule has 2 aliphatic heterocycles. The van der Waals surface area contributed by atoms with Gasteiger partial charge in [-0.15, -0.1) is 0 Å². The Morgan fingerprint density at radius 2 is 2.32 bits per heavy atom. The highest BCUT2D eigenvalue weighted by Crippen LogP contribution is 2.29. The van der Waals surface area contributed by atoms with E-state index < -0.39 is 0 Å². The Hall–Kier alpha value is -2.08. The second-order valence-corrected chi connectivity index (χ2v) is 5.62. The summed E-state index contributed by atoms with van der Waals surface area (Å²) in [7, 11) is 0. The topological polar surface area (TPSA) is 67.9 Å². The van der Waals surface area contributed by atoms with E-state index in [1.165, 1.54) is 0 Å². The number of carbonyl (C=O) groups excluding carboxylic acids is 2. The quantitative estimate of drug-likeness (QED) is 0.915. The lowest BCUT2D eigenvalue weighted by Gasteiger charge is -2.25. The Bertz CT molecular complexity index is 582. The van der Waals surface area contributed by atoms with Gasteiger partial charge in [0.1, 0.15) is 5.75 Å². The lowest BCUT2D eigenvalue weighted by atomic mass is 10.1. The van der Waals surface area contributed by atoms with Crippen LogP contribution in [0.5, 0.6) is 5.75 Å². The molecule has 1 aromatic rings. The third-order valence-corrected chi connectivity index (χ3v) is 4.03. The second-order valence-electron chi connectivity index (χ2n) is 5.62. The van der Waals surface area contributed by atoms with Crippen molar-refractivity contribution in [1.82, 2.24) is 4.90 Å². The van der Waals surface area contributed by atoms with Crippen molar-refractivity contribution in [2.24, 2.45) is 5.92 Å². The molecule has 0 radical (unpaired) electrons. The Morgan fingerprint density at radius 1 is 1.45 bits per heavy atom. The summed E-state index contributed by atoms with van der Waals surface area (Å²) < 4.78 is 10.7. The van der Waals surface area contributed by atoms with Gasteiger partial charge >= 0.3 is 0 Å². The van der Waals surface area contributed by atoms with E-state index in [1.54, 1.807) is 18.2 Å². The van der Waals surface area contributed by atoms with Crippen LogP contribution >= 0.6 is 0 Å². The molecule has 1 saturated heterocycles. The number of hydrogen-bond acceptors (Lipinski definition) is 4. The van der Waals surface area contributed by atoms with Crippen LogP contribution in [0.25, 0.3) is 0 Å². The summed E-state index contributed by atoms with van der Waals surface area (Å²) in [6, 6.07) is 5.14. The zero-order chi connectivity index (χ0) is 15.5. The average Bonchev–Trinajstić information content (AvgIpc) is 3.04. The number of ether oxygens (including phenoxy) is 2. The molecule has 2 aliphatic rings. The lowest BCUT2D eigenvalue weighted by Crippen LogP contribution is -2.35. The lowest BCUT2D eigenvalue weighted by molar-refractivity contribution is -0.118. The monoisotopic (exact) mass is 304 g/mol. The minimum Gasteiger partial charge on any atom is -0.482 e. The molecule has 1 N–H and O–H groups in total. The highest BCUT2D eigenvalue weighted by Gasteiger charge is 2.24. The molecule has 0 saturated carbocycles. The van der Waals surface area contributed by atoms with Gasteiger partial charge in [0.25, 0.3) is 11.8 Å². The molecule has 3 rings (SSSR count). The van der Waals surface area contributed by atoms with Crippen molar-refractivity contribution in [2.75, 3.05) is 38.2 Å². The van der Waals surface area contributed by atoms with Crippen LogP contribution < -0.4 is 10.1 Å². The van der Waals surface area contributed by atoms with Gasteiger partial charge in [-0.1, -0.05) is 0 Å². The van der Waals surface area contributed by atoms with Crippen LogP contribution in [0.2, 0.25) is 0 Å². The molecule has 0 aliphatic carbocycles. The predicted octanol–water partition coefficient (Wildman–Crippen LogP) is 1.52. The summed E-state index contributed by atoms with van der Waals surface area (Å²) in [5.74, 6) is 0.767. The first-order valence-electron chi connectivity index (χ1n) is 7.61. The van der Waals surface area contributed by atoms with Crippen LogP contribution in [0.1, 0.15) is 23.7 Å². The van der Waals surface area contributed by atoms with Gasteiger partial charge in [0, 0.05) is 31.2 Å². The minimum atomic E-state index is -0.178. The van der Waals surface area contributed by atoms with Crippen LogP contribution in [0.4, 0.5) is 5.69 Å². The summed E-state index contributed by atoms with van der Waals surface area (Å²) in [6.45, 7) is 4.84. The van der Waals surface area contributed by atoms with E-state index in [1.807, 2.05) is 11.8 Å². The number of benzene rings is 1. The molecular formula is C16H20N2O4.